The number of nitrogens with two attached hydrogens (primary N) is 1. The van der Waals surface area contributed by atoms with Crippen LogP contribution in [0.4, 0.5) is 0 Å². The van der Waals surface area contributed by atoms with Crippen molar-refractivity contribution in [3.63, 3.8) is 0 Å². The van der Waals surface area contributed by atoms with E-state index in [4.69, 9.17) is 10.5 Å². The molecule has 8 nitrogen and oxygen atoms in total. The lowest BCUT2D eigenvalue weighted by atomic mass is 10.5. The molecule has 0 bridgehead atoms. The number of hydrogen-bond donors (Lipinski definition) is 4. The van der Waals surface area contributed by atoms with Crippen LogP contribution in [0.25, 0.3) is 0 Å². The van der Waals surface area contributed by atoms with Crippen molar-refractivity contribution < 1.29 is 19.1 Å². The van der Waals surface area contributed by atoms with Crippen LogP contribution in [0.5, 0.6) is 0 Å². The number of ether oxygens (including phenoxy) is 1. The van der Waals surface area contributed by atoms with Crippen molar-refractivity contribution >= 4 is 17.7 Å². The van der Waals surface area contributed by atoms with Crippen LogP contribution in [-0.4, -0.2) is 57.6 Å². The number of carbonyl (C=O) groups excluding carboxylic acids is 3. The van der Waals surface area contributed by atoms with Gasteiger partial charge in [-0.1, -0.05) is 0 Å². The van der Waals surface area contributed by atoms with Crippen LogP contribution < -0.4 is 21.7 Å². The molecule has 0 heterocycles. The summed E-state index contributed by atoms with van der Waals surface area (Å²) in [6.45, 7) is 0.286. The second-order valence-corrected chi connectivity index (χ2v) is 3.10. The Hall–Kier alpha value is -1.67. The van der Waals surface area contributed by atoms with Crippen molar-refractivity contribution in [1.82, 2.24) is 16.0 Å². The van der Waals surface area contributed by atoms with Crippen molar-refractivity contribution in [2.75, 3.05) is 39.9 Å². The highest BCUT2D eigenvalue weighted by Crippen LogP contribution is 1.69. The van der Waals surface area contributed by atoms with Gasteiger partial charge in [-0.3, -0.25) is 14.4 Å². The number of nitrogens with one attached hydrogen (secondary N) is 3. The van der Waals surface area contributed by atoms with E-state index in [9.17, 15) is 14.4 Å². The Morgan fingerprint density at radius 3 is 2.06 bits per heavy atom. The van der Waals surface area contributed by atoms with Crippen LogP contribution in [0.15, 0.2) is 0 Å². The molecule has 0 saturated carbocycles. The molecule has 17 heavy (non-hydrogen) atoms. The van der Waals surface area contributed by atoms with Gasteiger partial charge in [0, 0.05) is 13.7 Å². The highest BCUT2D eigenvalue weighted by Gasteiger charge is 2.06. The maximum atomic E-state index is 11.1. The average molecular weight is 246 g/mol. The Morgan fingerprint density at radius 1 is 1.00 bits per heavy atom. The molecule has 0 aromatic rings. The molecular weight excluding hydrogens is 228 g/mol. The lowest BCUT2D eigenvalue weighted by Crippen LogP contribution is -2.43. The smallest absolute Gasteiger partial charge is 0.239 e. The fourth-order valence-electron chi connectivity index (χ4n) is 0.847. The summed E-state index contributed by atoms with van der Waals surface area (Å²) >= 11 is 0. The lowest BCUT2D eigenvalue weighted by molar-refractivity contribution is -0.127. The minimum absolute atomic E-state index is 0.138. The minimum atomic E-state index is -0.450. The van der Waals surface area contributed by atoms with Gasteiger partial charge in [0.15, 0.2) is 0 Å². The van der Waals surface area contributed by atoms with E-state index in [0.717, 1.165) is 0 Å². The third kappa shape index (κ3) is 9.27. The SMILES string of the molecule is COCCNC(=O)CNC(=O)CNC(=O)CN. The third-order valence-electron chi connectivity index (χ3n) is 1.71. The van der Waals surface area contributed by atoms with Gasteiger partial charge in [0.1, 0.15) is 0 Å². The zero-order valence-corrected chi connectivity index (χ0v) is 9.75. The van der Waals surface area contributed by atoms with Gasteiger partial charge in [-0.15, -0.1) is 0 Å². The number of hydrogen-bond acceptors (Lipinski definition) is 5. The minimum Gasteiger partial charge on any atom is -0.383 e. The van der Waals surface area contributed by atoms with Crippen molar-refractivity contribution in [1.29, 1.82) is 0 Å². The monoisotopic (exact) mass is 246 g/mol. The Kier molecular flexibility index (Phi) is 8.61. The quantitative estimate of drug-likeness (QED) is 0.339. The molecule has 8 heteroatoms. The molecule has 3 amide bonds. The topological polar surface area (TPSA) is 123 Å². The van der Waals surface area contributed by atoms with Crippen molar-refractivity contribution in [2.45, 2.75) is 0 Å². The molecule has 0 rings (SSSR count). The van der Waals surface area contributed by atoms with Gasteiger partial charge in [-0.25, -0.2) is 0 Å². The first-order chi connectivity index (χ1) is 8.10. The summed E-state index contributed by atoms with van der Waals surface area (Å²) in [6.07, 6.45) is 0. The molecule has 0 aromatic carbocycles. The summed E-state index contributed by atoms with van der Waals surface area (Å²) in [7, 11) is 1.52. The largest absolute Gasteiger partial charge is 0.383 e. The molecule has 0 aliphatic heterocycles. The van der Waals surface area contributed by atoms with Crippen LogP contribution in [0.1, 0.15) is 0 Å². The molecular formula is C9H18N4O4. The summed E-state index contributed by atoms with van der Waals surface area (Å²) in [4.78, 5) is 33.0. The standard InChI is InChI=1S/C9H18N4O4/c1-17-3-2-11-8(15)5-13-9(16)6-12-7(14)4-10/h2-6,10H2,1H3,(H,11,15)(H,12,14)(H,13,16). The van der Waals surface area contributed by atoms with Gasteiger partial charge >= 0.3 is 0 Å². The molecule has 0 fully saturated rings. The van der Waals surface area contributed by atoms with Gasteiger partial charge in [0.25, 0.3) is 0 Å². The highest BCUT2D eigenvalue weighted by atomic mass is 16.5. The maximum Gasteiger partial charge on any atom is 0.239 e. The van der Waals surface area contributed by atoms with Crippen molar-refractivity contribution in [2.24, 2.45) is 5.73 Å². The first kappa shape index (κ1) is 15.3. The van der Waals surface area contributed by atoms with E-state index in [1.807, 2.05) is 0 Å². The zero-order valence-electron chi connectivity index (χ0n) is 9.75. The Balaban J connectivity index is 3.55. The fraction of sp³-hybridized carbons (Fsp3) is 0.667. The molecule has 0 radical (unpaired) electrons. The van der Waals surface area contributed by atoms with Crippen molar-refractivity contribution in [3.05, 3.63) is 0 Å². The highest BCUT2D eigenvalue weighted by molar-refractivity contribution is 5.88. The van der Waals surface area contributed by atoms with E-state index in [-0.39, 0.29) is 25.5 Å². The molecule has 0 aliphatic carbocycles. The molecule has 0 aliphatic rings. The molecule has 98 valence electrons. The van der Waals surface area contributed by atoms with E-state index in [2.05, 4.69) is 16.0 Å². The summed E-state index contributed by atoms with van der Waals surface area (Å²) in [5.41, 5.74) is 5.03. The Bertz CT molecular complexity index is 270. The second-order valence-electron chi connectivity index (χ2n) is 3.10. The normalized spacial score (nSPS) is 9.53. The van der Waals surface area contributed by atoms with E-state index in [1.54, 1.807) is 0 Å². The predicted molar refractivity (Wildman–Crippen MR) is 60.0 cm³/mol. The average Bonchev–Trinajstić information content (AvgIpc) is 2.33. The van der Waals surface area contributed by atoms with Crippen LogP contribution in [-0.2, 0) is 19.1 Å². The van der Waals surface area contributed by atoms with Gasteiger partial charge < -0.3 is 26.4 Å². The first-order valence-corrected chi connectivity index (χ1v) is 5.09. The molecule has 0 spiro atoms. The van der Waals surface area contributed by atoms with Crippen LogP contribution in [0.3, 0.4) is 0 Å². The zero-order chi connectivity index (χ0) is 13.1. The van der Waals surface area contributed by atoms with Crippen LogP contribution in [0, 0.1) is 0 Å². The maximum absolute atomic E-state index is 11.1. The Labute approximate surface area is 99.2 Å². The van der Waals surface area contributed by atoms with Gasteiger partial charge in [0.05, 0.1) is 26.2 Å². The second kappa shape index (κ2) is 9.55. The first-order valence-electron chi connectivity index (χ1n) is 5.09. The number of methoxy groups -OCH3 is 1. The fourth-order valence-corrected chi connectivity index (χ4v) is 0.847. The van der Waals surface area contributed by atoms with E-state index in [0.29, 0.717) is 13.2 Å². The summed E-state index contributed by atoms with van der Waals surface area (Å²) < 4.78 is 4.73. The molecule has 0 atom stereocenters. The molecule has 5 N–H and O–H groups in total. The third-order valence-corrected chi connectivity index (χ3v) is 1.71. The van der Waals surface area contributed by atoms with Gasteiger partial charge in [0.2, 0.25) is 17.7 Å². The predicted octanol–water partition coefficient (Wildman–Crippen LogP) is -3.06. The number of rotatable bonds is 8. The van der Waals surface area contributed by atoms with Crippen LogP contribution in [0.2, 0.25) is 0 Å². The summed E-state index contributed by atoms with van der Waals surface area (Å²) in [5.74, 6) is -1.20. The molecule has 0 unspecified atom stereocenters. The number of amides is 3. The van der Waals surface area contributed by atoms with Crippen molar-refractivity contribution in [3.8, 4) is 0 Å². The van der Waals surface area contributed by atoms with E-state index >= 15 is 0 Å². The number of carbonyl (C=O) groups is 3. The van der Waals surface area contributed by atoms with Gasteiger partial charge in [-0.05, 0) is 0 Å². The molecule has 0 saturated heterocycles. The Morgan fingerprint density at radius 2 is 1.53 bits per heavy atom. The van der Waals surface area contributed by atoms with Crippen LogP contribution >= 0.6 is 0 Å². The van der Waals surface area contributed by atoms with E-state index < -0.39 is 11.8 Å². The molecule has 0 aromatic heterocycles. The van der Waals surface area contributed by atoms with Gasteiger partial charge in [-0.2, -0.15) is 0 Å². The summed E-state index contributed by atoms with van der Waals surface area (Å²) in [5, 5.41) is 7.15. The summed E-state index contributed by atoms with van der Waals surface area (Å²) in [6, 6.07) is 0. The van der Waals surface area contributed by atoms with E-state index in [1.165, 1.54) is 7.11 Å². The lowest BCUT2D eigenvalue weighted by Gasteiger charge is -2.07.